The first-order valence-electron chi connectivity index (χ1n) is 10.00. The SMILES string of the molecule is N[C@@H](Cc1ccccc1)[C@@H](NCc1ccccc1)c1c(O)ccc2ccccc12. The third kappa shape index (κ3) is 4.48. The Bertz CT molecular complexity index is 1060. The van der Waals surface area contributed by atoms with Gasteiger partial charge >= 0.3 is 0 Å². The monoisotopic (exact) mass is 382 g/mol. The van der Waals surface area contributed by atoms with E-state index in [0.29, 0.717) is 6.54 Å². The molecule has 146 valence electrons. The van der Waals surface area contributed by atoms with Crippen LogP contribution in [0.2, 0.25) is 0 Å². The van der Waals surface area contributed by atoms with Crippen molar-refractivity contribution in [2.24, 2.45) is 5.73 Å². The van der Waals surface area contributed by atoms with E-state index in [-0.39, 0.29) is 17.8 Å². The van der Waals surface area contributed by atoms with Crippen LogP contribution < -0.4 is 11.1 Å². The lowest BCUT2D eigenvalue weighted by Crippen LogP contribution is -2.39. The van der Waals surface area contributed by atoms with Crippen LogP contribution in [0.4, 0.5) is 0 Å². The molecule has 29 heavy (non-hydrogen) atoms. The molecule has 0 aliphatic carbocycles. The highest BCUT2D eigenvalue weighted by Crippen LogP contribution is 2.34. The van der Waals surface area contributed by atoms with E-state index >= 15 is 0 Å². The summed E-state index contributed by atoms with van der Waals surface area (Å²) >= 11 is 0. The van der Waals surface area contributed by atoms with Crippen LogP contribution in [-0.2, 0) is 13.0 Å². The fourth-order valence-electron chi connectivity index (χ4n) is 3.91. The zero-order chi connectivity index (χ0) is 20.1. The van der Waals surface area contributed by atoms with Gasteiger partial charge in [-0.3, -0.25) is 0 Å². The predicted octanol–water partition coefficient (Wildman–Crippen LogP) is 4.95. The molecule has 3 heteroatoms. The lowest BCUT2D eigenvalue weighted by Gasteiger charge is -2.28. The largest absolute Gasteiger partial charge is 0.508 e. The topological polar surface area (TPSA) is 58.3 Å². The first-order chi connectivity index (χ1) is 14.2. The molecule has 0 fully saturated rings. The van der Waals surface area contributed by atoms with Crippen LogP contribution in [0.3, 0.4) is 0 Å². The minimum atomic E-state index is -0.196. The molecule has 4 N–H and O–H groups in total. The molecule has 2 atom stereocenters. The maximum atomic E-state index is 10.8. The molecule has 0 amide bonds. The van der Waals surface area contributed by atoms with Crippen molar-refractivity contribution in [1.29, 1.82) is 0 Å². The number of aromatic hydroxyl groups is 1. The van der Waals surface area contributed by atoms with Gasteiger partial charge in [0.25, 0.3) is 0 Å². The van der Waals surface area contributed by atoms with Gasteiger partial charge in [-0.05, 0) is 34.4 Å². The van der Waals surface area contributed by atoms with Gasteiger partial charge in [0, 0.05) is 18.2 Å². The Morgan fingerprint density at radius 3 is 2.07 bits per heavy atom. The van der Waals surface area contributed by atoms with E-state index < -0.39 is 0 Å². The molecule has 0 radical (unpaired) electrons. The average Bonchev–Trinajstić information content (AvgIpc) is 2.76. The average molecular weight is 383 g/mol. The van der Waals surface area contributed by atoms with Crippen molar-refractivity contribution < 1.29 is 5.11 Å². The number of hydrogen-bond acceptors (Lipinski definition) is 3. The lowest BCUT2D eigenvalue weighted by atomic mass is 9.90. The summed E-state index contributed by atoms with van der Waals surface area (Å²) in [5, 5.41) is 16.5. The maximum absolute atomic E-state index is 10.8. The van der Waals surface area contributed by atoms with Crippen LogP contribution >= 0.6 is 0 Å². The smallest absolute Gasteiger partial charge is 0.121 e. The first-order valence-corrected chi connectivity index (χ1v) is 10.00. The van der Waals surface area contributed by atoms with Gasteiger partial charge in [-0.15, -0.1) is 0 Å². The Balaban J connectivity index is 1.71. The van der Waals surface area contributed by atoms with Gasteiger partial charge in [0.1, 0.15) is 5.75 Å². The summed E-state index contributed by atoms with van der Waals surface area (Å²) in [5.74, 6) is 0.276. The molecule has 0 bridgehead atoms. The van der Waals surface area contributed by atoms with Crippen molar-refractivity contribution in [2.45, 2.75) is 25.0 Å². The second kappa shape index (κ2) is 8.91. The van der Waals surface area contributed by atoms with E-state index in [1.165, 1.54) is 11.1 Å². The predicted molar refractivity (Wildman–Crippen MR) is 120 cm³/mol. The van der Waals surface area contributed by atoms with Crippen LogP contribution in [-0.4, -0.2) is 11.1 Å². The molecule has 0 spiro atoms. The quantitative estimate of drug-likeness (QED) is 0.424. The third-order valence-electron chi connectivity index (χ3n) is 5.37. The van der Waals surface area contributed by atoms with Crippen LogP contribution in [0.25, 0.3) is 10.8 Å². The highest BCUT2D eigenvalue weighted by molar-refractivity contribution is 5.88. The summed E-state index contributed by atoms with van der Waals surface area (Å²) in [7, 11) is 0. The van der Waals surface area contributed by atoms with Crippen LogP contribution in [0.1, 0.15) is 22.7 Å². The van der Waals surface area contributed by atoms with E-state index in [0.717, 1.165) is 22.8 Å². The summed E-state index contributed by atoms with van der Waals surface area (Å²) in [6, 6.07) is 32.0. The molecule has 0 unspecified atom stereocenters. The third-order valence-corrected chi connectivity index (χ3v) is 5.37. The zero-order valence-electron chi connectivity index (χ0n) is 16.3. The fourth-order valence-corrected chi connectivity index (χ4v) is 3.91. The lowest BCUT2D eigenvalue weighted by molar-refractivity contribution is 0.409. The molecule has 4 rings (SSSR count). The molecule has 0 saturated carbocycles. The maximum Gasteiger partial charge on any atom is 0.121 e. The second-order valence-electron chi connectivity index (χ2n) is 7.42. The summed E-state index contributed by atoms with van der Waals surface area (Å²) in [5.41, 5.74) is 9.97. The van der Waals surface area contributed by atoms with E-state index in [4.69, 9.17) is 5.73 Å². The number of benzene rings is 4. The molecule has 0 aromatic heterocycles. The van der Waals surface area contributed by atoms with Gasteiger partial charge in [-0.1, -0.05) is 91.0 Å². The van der Waals surface area contributed by atoms with Crippen molar-refractivity contribution >= 4 is 10.8 Å². The van der Waals surface area contributed by atoms with E-state index in [1.54, 1.807) is 6.07 Å². The molecule has 0 saturated heterocycles. The number of phenols is 1. The van der Waals surface area contributed by atoms with Crippen LogP contribution in [0.5, 0.6) is 5.75 Å². The van der Waals surface area contributed by atoms with Crippen molar-refractivity contribution in [3.05, 3.63) is 114 Å². The van der Waals surface area contributed by atoms with Gasteiger partial charge in [-0.2, -0.15) is 0 Å². The Morgan fingerprint density at radius 2 is 1.34 bits per heavy atom. The normalized spacial score (nSPS) is 13.3. The minimum Gasteiger partial charge on any atom is -0.508 e. The van der Waals surface area contributed by atoms with Crippen molar-refractivity contribution in [1.82, 2.24) is 5.32 Å². The summed E-state index contributed by atoms with van der Waals surface area (Å²) in [4.78, 5) is 0. The fraction of sp³-hybridized carbons (Fsp3) is 0.154. The molecular formula is C26H26N2O. The standard InChI is InChI=1S/C26H26N2O/c27-23(17-19-9-3-1-4-10-19)26(28-18-20-11-5-2-6-12-20)25-22-14-8-7-13-21(22)15-16-24(25)29/h1-16,23,26,28-29H,17-18,27H2/t23-,26+/m0/s1. The number of rotatable bonds is 7. The molecule has 0 aliphatic heterocycles. The zero-order valence-corrected chi connectivity index (χ0v) is 16.3. The highest BCUT2D eigenvalue weighted by Gasteiger charge is 2.24. The Morgan fingerprint density at radius 1 is 0.724 bits per heavy atom. The number of fused-ring (bicyclic) bond motifs is 1. The Hall–Kier alpha value is -3.14. The first kappa shape index (κ1) is 19.2. The van der Waals surface area contributed by atoms with Crippen LogP contribution in [0.15, 0.2) is 97.1 Å². The van der Waals surface area contributed by atoms with E-state index in [9.17, 15) is 5.11 Å². The van der Waals surface area contributed by atoms with Gasteiger partial charge < -0.3 is 16.2 Å². The van der Waals surface area contributed by atoms with Gasteiger partial charge in [0.2, 0.25) is 0 Å². The molecule has 4 aromatic rings. The van der Waals surface area contributed by atoms with Gasteiger partial charge in [-0.25, -0.2) is 0 Å². The number of nitrogens with two attached hydrogens (primary N) is 1. The Kier molecular flexibility index (Phi) is 5.89. The minimum absolute atomic E-state index is 0.193. The van der Waals surface area contributed by atoms with Gasteiger partial charge in [0.05, 0.1) is 6.04 Å². The van der Waals surface area contributed by atoms with Crippen molar-refractivity contribution in [2.75, 3.05) is 0 Å². The summed E-state index contributed by atoms with van der Waals surface area (Å²) in [6.07, 6.45) is 0.718. The van der Waals surface area contributed by atoms with E-state index in [1.807, 2.05) is 54.6 Å². The molecule has 3 nitrogen and oxygen atoms in total. The van der Waals surface area contributed by atoms with Gasteiger partial charge in [0.15, 0.2) is 0 Å². The highest BCUT2D eigenvalue weighted by atomic mass is 16.3. The molecular weight excluding hydrogens is 356 g/mol. The summed E-state index contributed by atoms with van der Waals surface area (Å²) < 4.78 is 0. The van der Waals surface area contributed by atoms with Crippen LogP contribution in [0, 0.1) is 0 Å². The number of phenolic OH excluding ortho intramolecular Hbond substituents is 1. The second-order valence-corrected chi connectivity index (χ2v) is 7.42. The van der Waals surface area contributed by atoms with Crippen molar-refractivity contribution in [3.63, 3.8) is 0 Å². The number of hydrogen-bond donors (Lipinski definition) is 3. The summed E-state index contributed by atoms with van der Waals surface area (Å²) in [6.45, 7) is 0.677. The Labute approximate surface area is 171 Å². The van der Waals surface area contributed by atoms with E-state index in [2.05, 4.69) is 41.7 Å². The van der Waals surface area contributed by atoms with Crippen molar-refractivity contribution in [3.8, 4) is 5.75 Å². The molecule has 0 aliphatic rings. The molecule has 0 heterocycles. The number of nitrogens with one attached hydrogen (secondary N) is 1. The molecule has 4 aromatic carbocycles.